The van der Waals surface area contributed by atoms with Gasteiger partial charge in [-0.25, -0.2) is 22.8 Å². The maximum absolute atomic E-state index is 13.7. The number of ether oxygens (including phenoxy) is 2. The Morgan fingerprint density at radius 1 is 1.19 bits per heavy atom. The van der Waals surface area contributed by atoms with Crippen LogP contribution in [0.1, 0.15) is 11.8 Å². The minimum absolute atomic E-state index is 0.0452. The molecule has 9 nitrogen and oxygen atoms in total. The highest BCUT2D eigenvalue weighted by molar-refractivity contribution is 7.89. The summed E-state index contributed by atoms with van der Waals surface area (Å²) in [6.07, 6.45) is 4.27. The second-order valence-electron chi connectivity index (χ2n) is 6.69. The number of methoxy groups -OCH3 is 1. The Kier molecular flexibility index (Phi) is 6.07. The number of morpholine rings is 1. The minimum atomic E-state index is -3.99. The molecule has 1 saturated heterocycles. The number of anilines is 2. The van der Waals surface area contributed by atoms with Crippen LogP contribution in [0.3, 0.4) is 0 Å². The fourth-order valence-corrected chi connectivity index (χ4v) is 4.77. The van der Waals surface area contributed by atoms with Crippen molar-refractivity contribution in [3.05, 3.63) is 66.5 Å². The Hall–Kier alpha value is -3.15. The van der Waals surface area contributed by atoms with E-state index in [9.17, 15) is 12.8 Å². The smallest absolute Gasteiger partial charge is 0.247 e. The highest BCUT2D eigenvalue weighted by atomic mass is 32.2. The van der Waals surface area contributed by atoms with Crippen molar-refractivity contribution in [3.8, 4) is 5.75 Å². The van der Waals surface area contributed by atoms with Gasteiger partial charge in [-0.2, -0.15) is 4.31 Å². The fraction of sp³-hybridized carbons (Fsp3) is 0.250. The van der Waals surface area contributed by atoms with Crippen molar-refractivity contribution in [1.29, 1.82) is 0 Å². The molecule has 2 aromatic heterocycles. The predicted octanol–water partition coefficient (Wildman–Crippen LogP) is 2.53. The van der Waals surface area contributed by atoms with Crippen molar-refractivity contribution in [2.75, 3.05) is 32.1 Å². The molecule has 0 radical (unpaired) electrons. The van der Waals surface area contributed by atoms with Gasteiger partial charge in [0.05, 0.1) is 31.3 Å². The first-order chi connectivity index (χ1) is 15.0. The topological polar surface area (TPSA) is 107 Å². The molecule has 3 aromatic rings. The van der Waals surface area contributed by atoms with Gasteiger partial charge in [-0.3, -0.25) is 4.98 Å². The van der Waals surface area contributed by atoms with E-state index in [1.807, 2.05) is 0 Å². The predicted molar refractivity (Wildman–Crippen MR) is 110 cm³/mol. The summed E-state index contributed by atoms with van der Waals surface area (Å²) >= 11 is 0. The zero-order chi connectivity index (χ0) is 21.8. The average Bonchev–Trinajstić information content (AvgIpc) is 2.80. The Bertz CT molecular complexity index is 1150. The maximum Gasteiger partial charge on any atom is 0.247 e. The van der Waals surface area contributed by atoms with Gasteiger partial charge in [0.25, 0.3) is 0 Å². The van der Waals surface area contributed by atoms with Gasteiger partial charge < -0.3 is 14.8 Å². The van der Waals surface area contributed by atoms with Gasteiger partial charge in [-0.05, 0) is 36.4 Å². The molecule has 1 atom stereocenters. The summed E-state index contributed by atoms with van der Waals surface area (Å²) in [6.45, 7) is 0.369. The van der Waals surface area contributed by atoms with Crippen LogP contribution in [0, 0.1) is 5.82 Å². The first kappa shape index (κ1) is 21.1. The number of halogens is 1. The summed E-state index contributed by atoms with van der Waals surface area (Å²) in [5.74, 6) is -0.135. The summed E-state index contributed by atoms with van der Waals surface area (Å²) in [5.41, 5.74) is 1.25. The molecular weight excluding hydrogens is 425 g/mol. The van der Waals surface area contributed by atoms with Crippen LogP contribution in [0.15, 0.2) is 59.9 Å². The van der Waals surface area contributed by atoms with Gasteiger partial charge in [-0.15, -0.1) is 0 Å². The molecule has 0 aliphatic carbocycles. The van der Waals surface area contributed by atoms with Gasteiger partial charge >= 0.3 is 0 Å². The van der Waals surface area contributed by atoms with Crippen molar-refractivity contribution in [1.82, 2.24) is 19.3 Å². The number of nitrogens with zero attached hydrogens (tertiary/aromatic N) is 4. The van der Waals surface area contributed by atoms with Crippen LogP contribution < -0.4 is 10.1 Å². The normalized spacial score (nSPS) is 17.3. The number of nitrogens with one attached hydrogen (secondary N) is 1. The summed E-state index contributed by atoms with van der Waals surface area (Å²) < 4.78 is 52.1. The molecule has 0 saturated carbocycles. The molecule has 1 fully saturated rings. The molecule has 0 spiro atoms. The number of rotatable bonds is 6. The van der Waals surface area contributed by atoms with E-state index in [1.54, 1.807) is 36.8 Å². The molecule has 1 aromatic carbocycles. The van der Waals surface area contributed by atoms with E-state index in [0.29, 0.717) is 17.3 Å². The van der Waals surface area contributed by atoms with Crippen molar-refractivity contribution < 1.29 is 22.3 Å². The third-order valence-electron chi connectivity index (χ3n) is 4.71. The summed E-state index contributed by atoms with van der Waals surface area (Å²) in [7, 11) is -2.64. The van der Waals surface area contributed by atoms with Crippen LogP contribution >= 0.6 is 0 Å². The van der Waals surface area contributed by atoms with E-state index < -0.39 is 21.9 Å². The van der Waals surface area contributed by atoms with Crippen molar-refractivity contribution in [3.63, 3.8) is 0 Å². The number of hydrogen-bond acceptors (Lipinski definition) is 8. The summed E-state index contributed by atoms with van der Waals surface area (Å²) in [4.78, 5) is 12.3. The first-order valence-corrected chi connectivity index (χ1v) is 10.9. The molecule has 4 rings (SSSR count). The van der Waals surface area contributed by atoms with Gasteiger partial charge in [0.2, 0.25) is 16.0 Å². The highest BCUT2D eigenvalue weighted by Gasteiger charge is 2.34. The SMILES string of the molecule is COc1ccc(F)cc1S(=O)(=O)N1CCOC(c2ccc(Nc3ncccn3)cn2)C1. The lowest BCUT2D eigenvalue weighted by Gasteiger charge is -2.32. The van der Waals surface area contributed by atoms with E-state index >= 15 is 0 Å². The van der Waals surface area contributed by atoms with Crippen LogP contribution in [-0.2, 0) is 14.8 Å². The molecule has 1 aliphatic rings. The molecule has 31 heavy (non-hydrogen) atoms. The second-order valence-corrected chi connectivity index (χ2v) is 8.59. The Balaban J connectivity index is 1.51. The number of aromatic nitrogens is 3. The van der Waals surface area contributed by atoms with Crippen LogP contribution in [0.2, 0.25) is 0 Å². The van der Waals surface area contributed by atoms with Crippen LogP contribution in [-0.4, -0.2) is 54.5 Å². The average molecular weight is 445 g/mol. The minimum Gasteiger partial charge on any atom is -0.495 e. The number of hydrogen-bond donors (Lipinski definition) is 1. The lowest BCUT2D eigenvalue weighted by atomic mass is 10.2. The molecule has 0 bridgehead atoms. The number of sulfonamides is 1. The Labute approximate surface area is 178 Å². The molecule has 0 amide bonds. The fourth-order valence-electron chi connectivity index (χ4n) is 3.18. The van der Waals surface area contributed by atoms with Crippen LogP contribution in [0.25, 0.3) is 0 Å². The third kappa shape index (κ3) is 4.63. The number of pyridine rings is 1. The zero-order valence-corrected chi connectivity index (χ0v) is 17.4. The van der Waals surface area contributed by atoms with E-state index in [2.05, 4.69) is 20.3 Å². The zero-order valence-electron chi connectivity index (χ0n) is 16.6. The molecule has 1 N–H and O–H groups in total. The van der Waals surface area contributed by atoms with E-state index in [1.165, 1.54) is 17.5 Å². The first-order valence-electron chi connectivity index (χ1n) is 9.42. The Morgan fingerprint density at radius 2 is 2.00 bits per heavy atom. The largest absolute Gasteiger partial charge is 0.495 e. The monoisotopic (exact) mass is 445 g/mol. The lowest BCUT2D eigenvalue weighted by Crippen LogP contribution is -2.42. The van der Waals surface area contributed by atoms with E-state index in [0.717, 1.165) is 12.1 Å². The van der Waals surface area contributed by atoms with E-state index in [4.69, 9.17) is 9.47 Å². The van der Waals surface area contributed by atoms with Gasteiger partial charge in [0.1, 0.15) is 22.6 Å². The summed E-state index contributed by atoms with van der Waals surface area (Å²) in [5, 5.41) is 3.03. The van der Waals surface area contributed by atoms with Gasteiger partial charge in [-0.1, -0.05) is 0 Å². The van der Waals surface area contributed by atoms with Crippen LogP contribution in [0.5, 0.6) is 5.75 Å². The number of benzene rings is 1. The van der Waals surface area contributed by atoms with Gasteiger partial charge in [0, 0.05) is 25.5 Å². The van der Waals surface area contributed by atoms with Gasteiger partial charge in [0.15, 0.2) is 0 Å². The van der Waals surface area contributed by atoms with Crippen LogP contribution in [0.4, 0.5) is 16.0 Å². The molecule has 3 heterocycles. The molecular formula is C20H20FN5O4S. The highest BCUT2D eigenvalue weighted by Crippen LogP contribution is 2.31. The van der Waals surface area contributed by atoms with E-state index in [-0.39, 0.29) is 30.3 Å². The molecule has 1 aliphatic heterocycles. The summed E-state index contributed by atoms with van der Waals surface area (Å²) in [6, 6.07) is 8.65. The Morgan fingerprint density at radius 3 is 2.71 bits per heavy atom. The van der Waals surface area contributed by atoms with Crippen molar-refractivity contribution in [2.45, 2.75) is 11.0 Å². The molecule has 162 valence electrons. The van der Waals surface area contributed by atoms with Crippen molar-refractivity contribution in [2.24, 2.45) is 0 Å². The third-order valence-corrected chi connectivity index (χ3v) is 6.60. The standard InChI is InChI=1S/C20H20FN5O4S/c1-29-17-6-3-14(21)11-19(17)31(27,28)26-9-10-30-18(13-26)16-5-4-15(12-24-16)25-20-22-7-2-8-23-20/h2-8,11-12,18H,9-10,13H2,1H3,(H,22,23,25). The van der Waals surface area contributed by atoms with Crippen molar-refractivity contribution >= 4 is 21.7 Å². The maximum atomic E-state index is 13.7. The quantitative estimate of drug-likeness (QED) is 0.617. The molecule has 11 heteroatoms. The lowest BCUT2D eigenvalue weighted by molar-refractivity contribution is -0.00496. The second kappa shape index (κ2) is 8.92. The molecule has 1 unspecified atom stereocenters.